The zero-order valence-corrected chi connectivity index (χ0v) is 19.7. The highest BCUT2D eigenvalue weighted by Gasteiger charge is 2.26. The second-order valence-electron chi connectivity index (χ2n) is 8.72. The van der Waals surface area contributed by atoms with Crippen LogP contribution in [0.25, 0.3) is 11.0 Å². The number of fused-ring (bicyclic) bond motifs is 1. The molecule has 0 spiro atoms. The lowest BCUT2D eigenvalue weighted by Gasteiger charge is -2.37. The summed E-state index contributed by atoms with van der Waals surface area (Å²) in [5.41, 5.74) is 7.99. The minimum atomic E-state index is -0.397. The fraction of sp³-hybridized carbons (Fsp3) is 0.423. The molecular formula is C26H32N4O2. The molecule has 0 saturated carbocycles. The number of carbonyl (C=O) groups excluding carboxylic acids is 1. The summed E-state index contributed by atoms with van der Waals surface area (Å²) in [7, 11) is 0. The van der Waals surface area contributed by atoms with Crippen LogP contribution in [0.4, 0.5) is 11.5 Å². The Morgan fingerprint density at radius 1 is 0.875 bits per heavy atom. The number of anilines is 2. The zero-order chi connectivity index (χ0) is 22.8. The van der Waals surface area contributed by atoms with Crippen molar-refractivity contribution in [2.45, 2.75) is 41.0 Å². The summed E-state index contributed by atoms with van der Waals surface area (Å²) in [6, 6.07) is 10.6. The normalized spacial score (nSPS) is 14.2. The van der Waals surface area contributed by atoms with Gasteiger partial charge in [-0.25, -0.2) is 14.8 Å². The molecule has 0 bridgehead atoms. The first-order valence-corrected chi connectivity index (χ1v) is 11.4. The molecule has 6 nitrogen and oxygen atoms in total. The van der Waals surface area contributed by atoms with Crippen LogP contribution in [0.5, 0.6) is 0 Å². The average Bonchev–Trinajstić information content (AvgIpc) is 2.78. The molecule has 4 rings (SSSR count). The van der Waals surface area contributed by atoms with Gasteiger partial charge in [-0.2, -0.15) is 0 Å². The van der Waals surface area contributed by atoms with E-state index in [2.05, 4.69) is 48.8 Å². The van der Waals surface area contributed by atoms with E-state index in [-0.39, 0.29) is 0 Å². The maximum Gasteiger partial charge on any atom is 0.360 e. The molecule has 1 saturated heterocycles. The van der Waals surface area contributed by atoms with Crippen LogP contribution in [0.15, 0.2) is 30.3 Å². The smallest absolute Gasteiger partial charge is 0.360 e. The lowest BCUT2D eigenvalue weighted by atomic mass is 10.1. The first kappa shape index (κ1) is 22.1. The van der Waals surface area contributed by atoms with Gasteiger partial charge < -0.3 is 14.5 Å². The monoisotopic (exact) mass is 432 g/mol. The van der Waals surface area contributed by atoms with Crippen LogP contribution >= 0.6 is 0 Å². The van der Waals surface area contributed by atoms with Crippen LogP contribution in [0.3, 0.4) is 0 Å². The summed E-state index contributed by atoms with van der Waals surface area (Å²) < 4.78 is 5.45. The number of rotatable bonds is 5. The van der Waals surface area contributed by atoms with Crippen LogP contribution in [0.2, 0.25) is 0 Å². The van der Waals surface area contributed by atoms with Crippen molar-refractivity contribution in [3.63, 3.8) is 0 Å². The van der Waals surface area contributed by atoms with E-state index in [1.54, 1.807) is 0 Å². The van der Waals surface area contributed by atoms with Gasteiger partial charge in [-0.15, -0.1) is 0 Å². The van der Waals surface area contributed by atoms with Crippen molar-refractivity contribution in [2.24, 2.45) is 0 Å². The molecule has 0 N–H and O–H groups in total. The Labute approximate surface area is 190 Å². The predicted molar refractivity (Wildman–Crippen MR) is 130 cm³/mol. The van der Waals surface area contributed by atoms with Gasteiger partial charge in [0.15, 0.2) is 11.5 Å². The van der Waals surface area contributed by atoms with Crippen molar-refractivity contribution < 1.29 is 9.53 Å². The third-order valence-corrected chi connectivity index (χ3v) is 6.16. The molecule has 0 atom stereocenters. The van der Waals surface area contributed by atoms with Crippen LogP contribution in [-0.4, -0.2) is 48.7 Å². The van der Waals surface area contributed by atoms with Gasteiger partial charge >= 0.3 is 5.97 Å². The molecule has 0 amide bonds. The molecule has 0 aliphatic carbocycles. The molecule has 1 fully saturated rings. The Morgan fingerprint density at radius 2 is 1.50 bits per heavy atom. The molecule has 2 heterocycles. The van der Waals surface area contributed by atoms with E-state index >= 15 is 0 Å². The average molecular weight is 433 g/mol. The Kier molecular flexibility index (Phi) is 6.31. The second kappa shape index (κ2) is 9.15. The molecule has 3 aromatic rings. The molecule has 1 aliphatic heterocycles. The maximum absolute atomic E-state index is 12.9. The number of aryl methyl sites for hydroxylation is 4. The molecule has 32 heavy (non-hydrogen) atoms. The highest BCUT2D eigenvalue weighted by molar-refractivity contribution is 5.95. The molecule has 168 valence electrons. The fourth-order valence-electron chi connectivity index (χ4n) is 4.24. The van der Waals surface area contributed by atoms with Crippen LogP contribution in [-0.2, 0) is 4.74 Å². The molecule has 6 heteroatoms. The maximum atomic E-state index is 12.9. The Hall–Kier alpha value is -3.15. The largest absolute Gasteiger partial charge is 0.461 e. The number of hydrogen-bond donors (Lipinski definition) is 0. The molecule has 1 aliphatic rings. The lowest BCUT2D eigenvalue weighted by molar-refractivity contribution is 0.0499. The Bertz CT molecular complexity index is 1150. The summed E-state index contributed by atoms with van der Waals surface area (Å²) in [5.74, 6) is 0.230. The number of carbonyl (C=O) groups is 1. The van der Waals surface area contributed by atoms with Crippen molar-refractivity contribution in [3.05, 3.63) is 58.3 Å². The van der Waals surface area contributed by atoms with Gasteiger partial charge in [-0.05, 0) is 69.0 Å². The highest BCUT2D eigenvalue weighted by Crippen LogP contribution is 2.27. The summed E-state index contributed by atoms with van der Waals surface area (Å²) >= 11 is 0. The summed E-state index contributed by atoms with van der Waals surface area (Å²) in [4.78, 5) is 27.1. The number of hydrogen-bond acceptors (Lipinski definition) is 6. The molecule has 0 unspecified atom stereocenters. The van der Waals surface area contributed by atoms with Crippen molar-refractivity contribution in [1.82, 2.24) is 9.97 Å². The van der Waals surface area contributed by atoms with Gasteiger partial charge in [-0.3, -0.25) is 0 Å². The summed E-state index contributed by atoms with van der Waals surface area (Å²) in [6.07, 6.45) is 0.773. The lowest BCUT2D eigenvalue weighted by Crippen LogP contribution is -2.47. The Balaban J connectivity index is 1.65. The zero-order valence-electron chi connectivity index (χ0n) is 19.7. The van der Waals surface area contributed by atoms with E-state index < -0.39 is 5.97 Å². The molecule has 0 radical (unpaired) electrons. The molecule has 1 aromatic heterocycles. The van der Waals surface area contributed by atoms with E-state index in [0.717, 1.165) is 49.2 Å². The first-order chi connectivity index (χ1) is 15.4. The predicted octanol–water partition coefficient (Wildman–Crippen LogP) is 4.76. The van der Waals surface area contributed by atoms with E-state index in [4.69, 9.17) is 14.7 Å². The van der Waals surface area contributed by atoms with E-state index in [0.29, 0.717) is 18.1 Å². The number of piperazine rings is 1. The third-order valence-electron chi connectivity index (χ3n) is 6.16. The molecular weight excluding hydrogens is 400 g/mol. The van der Waals surface area contributed by atoms with Gasteiger partial charge in [-0.1, -0.05) is 24.6 Å². The van der Waals surface area contributed by atoms with Gasteiger partial charge in [0.2, 0.25) is 0 Å². The van der Waals surface area contributed by atoms with Gasteiger partial charge in [0.05, 0.1) is 17.6 Å². The quantitative estimate of drug-likeness (QED) is 0.542. The van der Waals surface area contributed by atoms with Crippen molar-refractivity contribution in [3.8, 4) is 0 Å². The van der Waals surface area contributed by atoms with E-state index in [9.17, 15) is 4.79 Å². The van der Waals surface area contributed by atoms with Gasteiger partial charge in [0.25, 0.3) is 0 Å². The summed E-state index contributed by atoms with van der Waals surface area (Å²) in [6.45, 7) is 14.0. The SMILES string of the molecule is CCCOC(=O)c1nc2cc(C)c(C)cc2nc1N1CCN(c2ccc(C)cc2C)CC1. The number of aromatic nitrogens is 2. The van der Waals surface area contributed by atoms with Crippen LogP contribution in [0.1, 0.15) is 46.1 Å². The minimum absolute atomic E-state index is 0.314. The van der Waals surface area contributed by atoms with Crippen molar-refractivity contribution >= 4 is 28.5 Å². The third kappa shape index (κ3) is 4.40. The van der Waals surface area contributed by atoms with Crippen LogP contribution < -0.4 is 9.80 Å². The van der Waals surface area contributed by atoms with E-state index in [1.165, 1.54) is 22.4 Å². The number of ether oxygens (including phenoxy) is 1. The van der Waals surface area contributed by atoms with E-state index in [1.807, 2.05) is 26.0 Å². The topological polar surface area (TPSA) is 58.6 Å². The van der Waals surface area contributed by atoms with Crippen LogP contribution in [0, 0.1) is 27.7 Å². The Morgan fingerprint density at radius 3 is 2.12 bits per heavy atom. The standard InChI is InChI=1S/C26H32N4O2/c1-6-13-32-26(31)24-25(28-22-16-19(4)18(3)15-21(22)27-24)30-11-9-29(10-12-30)23-8-7-17(2)14-20(23)5/h7-8,14-16H,6,9-13H2,1-5H3. The van der Waals surface area contributed by atoms with Gasteiger partial charge in [0.1, 0.15) is 0 Å². The first-order valence-electron chi connectivity index (χ1n) is 11.4. The van der Waals surface area contributed by atoms with Crippen molar-refractivity contribution in [1.29, 1.82) is 0 Å². The fourth-order valence-corrected chi connectivity index (χ4v) is 4.24. The van der Waals surface area contributed by atoms with Crippen molar-refractivity contribution in [2.75, 3.05) is 42.6 Å². The highest BCUT2D eigenvalue weighted by atomic mass is 16.5. The number of nitrogens with zero attached hydrogens (tertiary/aromatic N) is 4. The number of esters is 1. The van der Waals surface area contributed by atoms with Gasteiger partial charge in [0, 0.05) is 31.9 Å². The second-order valence-corrected chi connectivity index (χ2v) is 8.72. The summed E-state index contributed by atoms with van der Waals surface area (Å²) in [5, 5.41) is 0. The number of benzene rings is 2. The minimum Gasteiger partial charge on any atom is -0.461 e. The molecule has 2 aromatic carbocycles.